The summed E-state index contributed by atoms with van der Waals surface area (Å²) >= 11 is 7.49. The van der Waals surface area contributed by atoms with Gasteiger partial charge in [-0.3, -0.25) is 4.79 Å². The number of thioether (sulfide) groups is 1. The molecule has 1 aliphatic rings. The third kappa shape index (κ3) is 3.64. The van der Waals surface area contributed by atoms with Crippen LogP contribution in [0.3, 0.4) is 0 Å². The molecule has 0 radical (unpaired) electrons. The zero-order valence-electron chi connectivity index (χ0n) is 11.9. The van der Waals surface area contributed by atoms with Crippen LogP contribution in [0.2, 0.25) is 5.02 Å². The van der Waals surface area contributed by atoms with Crippen LogP contribution in [0.1, 0.15) is 11.1 Å². The Bertz CT molecular complexity index is 705. The molecule has 2 aromatic rings. The number of benzene rings is 2. The molecule has 1 atom stereocenters. The molecule has 0 saturated heterocycles. The van der Waals surface area contributed by atoms with Crippen LogP contribution < -0.4 is 5.32 Å². The number of hydrogen-bond acceptors (Lipinski definition) is 3. The van der Waals surface area contributed by atoms with Gasteiger partial charge in [-0.2, -0.15) is 0 Å². The van der Waals surface area contributed by atoms with Crippen molar-refractivity contribution < 1.29 is 9.90 Å². The van der Waals surface area contributed by atoms with E-state index in [0.717, 1.165) is 21.7 Å². The second-order valence-corrected chi connectivity index (χ2v) is 6.74. The van der Waals surface area contributed by atoms with E-state index in [1.165, 1.54) is 11.8 Å². The van der Waals surface area contributed by atoms with Gasteiger partial charge in [0, 0.05) is 10.6 Å². The van der Waals surface area contributed by atoms with Gasteiger partial charge < -0.3 is 10.4 Å². The summed E-state index contributed by atoms with van der Waals surface area (Å²) in [7, 11) is 0. The highest BCUT2D eigenvalue weighted by atomic mass is 35.5. The number of anilines is 1. The van der Waals surface area contributed by atoms with E-state index < -0.39 is 0 Å². The monoisotopic (exact) mass is 333 g/mol. The molecule has 0 aliphatic heterocycles. The molecule has 1 amide bonds. The first-order valence-electron chi connectivity index (χ1n) is 7.09. The normalized spacial score (nSPS) is 16.4. The average Bonchev–Trinajstić information content (AvgIpc) is 2.86. The standard InChI is InChI=1S/C17H16ClNO2S/c18-15-3-1-2-4-16(15)22-10-17(21)19-13-6-5-11-8-14(20)9-12(11)7-13/h1-7,14,20H,8-10H2,(H,19,21). The molecule has 1 unspecified atom stereocenters. The van der Waals surface area contributed by atoms with Gasteiger partial charge >= 0.3 is 0 Å². The average molecular weight is 334 g/mol. The van der Waals surface area contributed by atoms with Crippen molar-refractivity contribution in [3.8, 4) is 0 Å². The number of aliphatic hydroxyl groups is 1. The zero-order chi connectivity index (χ0) is 15.5. The minimum Gasteiger partial charge on any atom is -0.392 e. The lowest BCUT2D eigenvalue weighted by atomic mass is 10.1. The minimum atomic E-state index is -0.295. The molecule has 2 N–H and O–H groups in total. The van der Waals surface area contributed by atoms with Crippen molar-refractivity contribution in [2.75, 3.05) is 11.1 Å². The Hall–Kier alpha value is -1.49. The van der Waals surface area contributed by atoms with Gasteiger partial charge in [-0.1, -0.05) is 29.8 Å². The molecule has 0 bridgehead atoms. The minimum absolute atomic E-state index is 0.0663. The number of rotatable bonds is 4. The van der Waals surface area contributed by atoms with E-state index in [9.17, 15) is 9.90 Å². The number of carbonyl (C=O) groups is 1. The largest absolute Gasteiger partial charge is 0.392 e. The number of amides is 1. The summed E-state index contributed by atoms with van der Waals surface area (Å²) in [6.07, 6.45) is 1.07. The van der Waals surface area contributed by atoms with Crippen molar-refractivity contribution in [1.82, 2.24) is 0 Å². The van der Waals surface area contributed by atoms with Gasteiger partial charge in [-0.15, -0.1) is 11.8 Å². The van der Waals surface area contributed by atoms with Crippen molar-refractivity contribution in [3.63, 3.8) is 0 Å². The first kappa shape index (κ1) is 15.4. The molecule has 1 aliphatic carbocycles. The Morgan fingerprint density at radius 1 is 1.23 bits per heavy atom. The molecule has 2 aromatic carbocycles. The zero-order valence-corrected chi connectivity index (χ0v) is 13.5. The van der Waals surface area contributed by atoms with Crippen LogP contribution in [0.15, 0.2) is 47.4 Å². The van der Waals surface area contributed by atoms with Crippen molar-refractivity contribution >= 4 is 35.0 Å². The van der Waals surface area contributed by atoms with E-state index in [4.69, 9.17) is 11.6 Å². The molecule has 0 saturated carbocycles. The van der Waals surface area contributed by atoms with Crippen LogP contribution in [0, 0.1) is 0 Å². The second kappa shape index (κ2) is 6.73. The number of halogens is 1. The summed E-state index contributed by atoms with van der Waals surface area (Å²) in [5.74, 6) is 0.243. The predicted octanol–water partition coefficient (Wildman–Crippen LogP) is 3.53. The number of fused-ring (bicyclic) bond motifs is 1. The van der Waals surface area contributed by atoms with Crippen LogP contribution in [-0.4, -0.2) is 22.9 Å². The fourth-order valence-electron chi connectivity index (χ4n) is 2.57. The van der Waals surface area contributed by atoms with E-state index in [2.05, 4.69) is 5.32 Å². The van der Waals surface area contributed by atoms with Gasteiger partial charge in [0.05, 0.1) is 16.9 Å². The van der Waals surface area contributed by atoms with Crippen molar-refractivity contribution in [3.05, 3.63) is 58.6 Å². The third-order valence-corrected chi connectivity index (χ3v) is 5.11. The van der Waals surface area contributed by atoms with E-state index >= 15 is 0 Å². The Labute approximate surface area is 138 Å². The highest BCUT2D eigenvalue weighted by molar-refractivity contribution is 8.00. The van der Waals surface area contributed by atoms with Crippen molar-refractivity contribution in [1.29, 1.82) is 0 Å². The quantitative estimate of drug-likeness (QED) is 0.841. The SMILES string of the molecule is O=C(CSc1ccccc1Cl)Nc1ccc2c(c1)CC(O)C2. The third-order valence-electron chi connectivity index (χ3n) is 3.60. The van der Waals surface area contributed by atoms with Crippen molar-refractivity contribution in [2.24, 2.45) is 0 Å². The molecule has 0 heterocycles. The summed E-state index contributed by atoms with van der Waals surface area (Å²) in [6.45, 7) is 0. The lowest BCUT2D eigenvalue weighted by Gasteiger charge is -2.08. The second-order valence-electron chi connectivity index (χ2n) is 5.31. The topological polar surface area (TPSA) is 49.3 Å². The van der Waals surface area contributed by atoms with Gasteiger partial charge in [0.2, 0.25) is 5.91 Å². The molecular formula is C17H16ClNO2S. The van der Waals surface area contributed by atoms with Crippen LogP contribution >= 0.6 is 23.4 Å². The van der Waals surface area contributed by atoms with Crippen LogP contribution in [-0.2, 0) is 17.6 Å². The summed E-state index contributed by atoms with van der Waals surface area (Å²) < 4.78 is 0. The molecule has 22 heavy (non-hydrogen) atoms. The highest BCUT2D eigenvalue weighted by Gasteiger charge is 2.19. The molecule has 5 heteroatoms. The van der Waals surface area contributed by atoms with Gasteiger partial charge in [-0.05, 0) is 48.2 Å². The molecule has 0 spiro atoms. The summed E-state index contributed by atoms with van der Waals surface area (Å²) in [5, 5.41) is 13.2. The lowest BCUT2D eigenvalue weighted by Crippen LogP contribution is -2.14. The Morgan fingerprint density at radius 3 is 2.82 bits per heavy atom. The van der Waals surface area contributed by atoms with Gasteiger partial charge in [0.15, 0.2) is 0 Å². The Morgan fingerprint density at radius 2 is 2.00 bits per heavy atom. The number of aliphatic hydroxyl groups excluding tert-OH is 1. The lowest BCUT2D eigenvalue weighted by molar-refractivity contribution is -0.113. The van der Waals surface area contributed by atoms with E-state index in [1.807, 2.05) is 42.5 Å². The Balaban J connectivity index is 1.58. The van der Waals surface area contributed by atoms with Gasteiger partial charge in [-0.25, -0.2) is 0 Å². The van der Waals surface area contributed by atoms with E-state index in [-0.39, 0.29) is 12.0 Å². The number of nitrogens with one attached hydrogen (secondary N) is 1. The first-order valence-corrected chi connectivity index (χ1v) is 8.45. The van der Waals surface area contributed by atoms with E-state index in [0.29, 0.717) is 23.6 Å². The van der Waals surface area contributed by atoms with Gasteiger partial charge in [0.25, 0.3) is 0 Å². The molecule has 3 nitrogen and oxygen atoms in total. The Kier molecular flexibility index (Phi) is 4.71. The highest BCUT2D eigenvalue weighted by Crippen LogP contribution is 2.27. The van der Waals surface area contributed by atoms with Crippen LogP contribution in [0.5, 0.6) is 0 Å². The molecule has 0 aromatic heterocycles. The smallest absolute Gasteiger partial charge is 0.234 e. The van der Waals surface area contributed by atoms with Gasteiger partial charge in [0.1, 0.15) is 0 Å². The predicted molar refractivity (Wildman–Crippen MR) is 90.7 cm³/mol. The van der Waals surface area contributed by atoms with Crippen LogP contribution in [0.25, 0.3) is 0 Å². The molecule has 0 fully saturated rings. The molecule has 114 valence electrons. The maximum Gasteiger partial charge on any atom is 0.234 e. The fourth-order valence-corrected chi connectivity index (χ4v) is 3.61. The summed E-state index contributed by atoms with van der Waals surface area (Å²) in [6, 6.07) is 13.3. The maximum atomic E-state index is 12.0. The van der Waals surface area contributed by atoms with E-state index in [1.54, 1.807) is 0 Å². The molecule has 3 rings (SSSR count). The van der Waals surface area contributed by atoms with Crippen LogP contribution in [0.4, 0.5) is 5.69 Å². The van der Waals surface area contributed by atoms with Crippen molar-refractivity contribution in [2.45, 2.75) is 23.8 Å². The number of hydrogen-bond donors (Lipinski definition) is 2. The maximum absolute atomic E-state index is 12.0. The number of carbonyl (C=O) groups excluding carboxylic acids is 1. The summed E-state index contributed by atoms with van der Waals surface area (Å²) in [5.41, 5.74) is 3.05. The molecular weight excluding hydrogens is 318 g/mol. The summed E-state index contributed by atoms with van der Waals surface area (Å²) in [4.78, 5) is 12.9. The fraction of sp³-hybridized carbons (Fsp3) is 0.235. The first-order chi connectivity index (χ1) is 10.6.